The molecule has 2 aromatic carbocycles. The van der Waals surface area contributed by atoms with Crippen molar-refractivity contribution < 1.29 is 5.11 Å². The lowest BCUT2D eigenvalue weighted by atomic mass is 10.1. The van der Waals surface area contributed by atoms with E-state index in [4.69, 9.17) is 0 Å². The average Bonchev–Trinajstić information content (AvgIpc) is 2.98. The van der Waals surface area contributed by atoms with Crippen molar-refractivity contribution in [3.63, 3.8) is 0 Å². The molecular formula is C17H16N2O. The van der Waals surface area contributed by atoms with Crippen LogP contribution in [0.15, 0.2) is 66.9 Å². The third-order valence-electron chi connectivity index (χ3n) is 3.30. The number of aliphatic hydroxyl groups is 1. The highest BCUT2D eigenvalue weighted by atomic mass is 16.3. The highest BCUT2D eigenvalue weighted by Gasteiger charge is 2.13. The maximum absolute atomic E-state index is 10.4. The van der Waals surface area contributed by atoms with E-state index in [9.17, 15) is 5.11 Å². The number of aryl methyl sites for hydroxylation is 1. The quantitative estimate of drug-likeness (QED) is 0.788. The Hall–Kier alpha value is -2.39. The lowest BCUT2D eigenvalue weighted by Gasteiger charge is -2.08. The van der Waals surface area contributed by atoms with Gasteiger partial charge in [-0.25, -0.2) is 4.68 Å². The first-order valence-electron chi connectivity index (χ1n) is 6.60. The average molecular weight is 264 g/mol. The molecule has 1 heterocycles. The van der Waals surface area contributed by atoms with Crippen LogP contribution in [0.2, 0.25) is 0 Å². The summed E-state index contributed by atoms with van der Waals surface area (Å²) in [6.45, 7) is 2.03. The lowest BCUT2D eigenvalue weighted by molar-refractivity contribution is 0.214. The SMILES string of the molecule is Cc1ccc(C(O)c2ccn(-c3ccccc3)n2)cc1. The molecule has 0 aliphatic carbocycles. The molecule has 100 valence electrons. The van der Waals surface area contributed by atoms with Crippen molar-refractivity contribution in [1.29, 1.82) is 0 Å². The molecule has 0 saturated heterocycles. The van der Waals surface area contributed by atoms with Gasteiger partial charge in [0.25, 0.3) is 0 Å². The summed E-state index contributed by atoms with van der Waals surface area (Å²) in [5.74, 6) is 0. The smallest absolute Gasteiger partial charge is 0.123 e. The summed E-state index contributed by atoms with van der Waals surface area (Å²) in [6.07, 6.45) is 1.17. The molecule has 1 N–H and O–H groups in total. The zero-order valence-electron chi connectivity index (χ0n) is 11.3. The summed E-state index contributed by atoms with van der Waals surface area (Å²) in [6, 6.07) is 19.6. The molecule has 0 aliphatic rings. The Morgan fingerprint density at radius 2 is 1.65 bits per heavy atom. The predicted molar refractivity (Wildman–Crippen MR) is 78.8 cm³/mol. The molecule has 0 aliphatic heterocycles. The summed E-state index contributed by atoms with van der Waals surface area (Å²) in [5.41, 5.74) is 3.66. The number of nitrogens with zero attached hydrogens (tertiary/aromatic N) is 2. The van der Waals surface area contributed by atoms with Gasteiger partial charge in [0.05, 0.1) is 11.4 Å². The van der Waals surface area contributed by atoms with Gasteiger partial charge >= 0.3 is 0 Å². The van der Waals surface area contributed by atoms with Crippen LogP contribution >= 0.6 is 0 Å². The summed E-state index contributed by atoms with van der Waals surface area (Å²) < 4.78 is 1.77. The number of hydrogen-bond acceptors (Lipinski definition) is 2. The second-order valence-electron chi connectivity index (χ2n) is 4.83. The van der Waals surface area contributed by atoms with E-state index in [2.05, 4.69) is 5.10 Å². The summed E-state index contributed by atoms with van der Waals surface area (Å²) in [7, 11) is 0. The van der Waals surface area contributed by atoms with Crippen LogP contribution in [0.1, 0.15) is 22.9 Å². The Bertz CT molecular complexity index is 687. The largest absolute Gasteiger partial charge is 0.382 e. The molecule has 3 rings (SSSR count). The number of para-hydroxylation sites is 1. The van der Waals surface area contributed by atoms with Crippen LogP contribution in [0.25, 0.3) is 5.69 Å². The Kier molecular flexibility index (Phi) is 3.35. The first-order valence-corrected chi connectivity index (χ1v) is 6.60. The second-order valence-corrected chi connectivity index (χ2v) is 4.83. The predicted octanol–water partition coefficient (Wildman–Crippen LogP) is 3.26. The Morgan fingerprint density at radius 3 is 2.35 bits per heavy atom. The van der Waals surface area contributed by atoms with Crippen molar-refractivity contribution in [3.8, 4) is 5.69 Å². The molecule has 0 amide bonds. The Morgan fingerprint density at radius 1 is 0.950 bits per heavy atom. The molecular weight excluding hydrogens is 248 g/mol. The Labute approximate surface area is 118 Å². The zero-order chi connectivity index (χ0) is 13.9. The summed E-state index contributed by atoms with van der Waals surface area (Å²) in [4.78, 5) is 0. The standard InChI is InChI=1S/C17H16N2O/c1-13-7-9-14(10-8-13)17(20)16-11-12-19(18-16)15-5-3-2-4-6-15/h2-12,17,20H,1H3. The Balaban J connectivity index is 1.88. The van der Waals surface area contributed by atoms with Crippen molar-refractivity contribution in [1.82, 2.24) is 9.78 Å². The fourth-order valence-corrected chi connectivity index (χ4v) is 2.13. The highest BCUT2D eigenvalue weighted by Crippen LogP contribution is 2.21. The maximum atomic E-state index is 10.4. The van der Waals surface area contributed by atoms with E-state index in [-0.39, 0.29) is 0 Å². The van der Waals surface area contributed by atoms with Crippen molar-refractivity contribution in [2.45, 2.75) is 13.0 Å². The molecule has 0 fully saturated rings. The molecule has 0 spiro atoms. The molecule has 3 aromatic rings. The fourth-order valence-electron chi connectivity index (χ4n) is 2.13. The molecule has 1 unspecified atom stereocenters. The van der Waals surface area contributed by atoms with Gasteiger partial charge in [-0.1, -0.05) is 48.0 Å². The van der Waals surface area contributed by atoms with Crippen molar-refractivity contribution >= 4 is 0 Å². The lowest BCUT2D eigenvalue weighted by Crippen LogP contribution is -2.02. The van der Waals surface area contributed by atoms with Gasteiger partial charge in [0.15, 0.2) is 0 Å². The number of hydrogen-bond donors (Lipinski definition) is 1. The van der Waals surface area contributed by atoms with E-state index in [1.165, 1.54) is 5.56 Å². The molecule has 1 atom stereocenters. The summed E-state index contributed by atoms with van der Waals surface area (Å²) in [5, 5.41) is 14.8. The monoisotopic (exact) mass is 264 g/mol. The van der Waals surface area contributed by atoms with E-state index < -0.39 is 6.10 Å². The number of benzene rings is 2. The molecule has 3 heteroatoms. The van der Waals surface area contributed by atoms with E-state index in [0.29, 0.717) is 5.69 Å². The van der Waals surface area contributed by atoms with Gasteiger partial charge in [0.2, 0.25) is 0 Å². The van der Waals surface area contributed by atoms with Gasteiger partial charge in [0.1, 0.15) is 6.10 Å². The third kappa shape index (κ3) is 2.49. The molecule has 20 heavy (non-hydrogen) atoms. The van der Waals surface area contributed by atoms with Crippen molar-refractivity contribution in [2.24, 2.45) is 0 Å². The van der Waals surface area contributed by atoms with E-state index in [1.54, 1.807) is 4.68 Å². The second kappa shape index (κ2) is 5.31. The molecule has 3 nitrogen and oxygen atoms in total. The van der Waals surface area contributed by atoms with E-state index in [0.717, 1.165) is 11.3 Å². The van der Waals surface area contributed by atoms with Gasteiger partial charge in [-0.3, -0.25) is 0 Å². The fraction of sp³-hybridized carbons (Fsp3) is 0.118. The topological polar surface area (TPSA) is 38.0 Å². The number of aliphatic hydroxyl groups excluding tert-OH is 1. The van der Waals surface area contributed by atoms with Crippen LogP contribution in [0, 0.1) is 6.92 Å². The first kappa shape index (κ1) is 12.6. The van der Waals surface area contributed by atoms with Crippen molar-refractivity contribution in [2.75, 3.05) is 0 Å². The van der Waals surface area contributed by atoms with E-state index in [1.807, 2.05) is 73.8 Å². The van der Waals surface area contributed by atoms with Gasteiger partial charge < -0.3 is 5.11 Å². The highest BCUT2D eigenvalue weighted by molar-refractivity contribution is 5.32. The molecule has 0 saturated carbocycles. The minimum absolute atomic E-state index is 0.651. The van der Waals surface area contributed by atoms with Crippen LogP contribution in [0.4, 0.5) is 0 Å². The van der Waals surface area contributed by atoms with Gasteiger partial charge in [0, 0.05) is 6.20 Å². The van der Waals surface area contributed by atoms with Gasteiger partial charge in [-0.2, -0.15) is 5.10 Å². The van der Waals surface area contributed by atoms with Gasteiger partial charge in [-0.15, -0.1) is 0 Å². The summed E-state index contributed by atoms with van der Waals surface area (Å²) >= 11 is 0. The minimum atomic E-state index is -0.694. The molecule has 0 bridgehead atoms. The van der Waals surface area contributed by atoms with Crippen LogP contribution in [-0.4, -0.2) is 14.9 Å². The normalized spacial score (nSPS) is 12.3. The molecule has 1 aromatic heterocycles. The zero-order valence-corrected chi connectivity index (χ0v) is 11.3. The van der Waals surface area contributed by atoms with Crippen molar-refractivity contribution in [3.05, 3.63) is 83.7 Å². The third-order valence-corrected chi connectivity index (χ3v) is 3.30. The van der Waals surface area contributed by atoms with Crippen LogP contribution < -0.4 is 0 Å². The first-order chi connectivity index (χ1) is 9.74. The van der Waals surface area contributed by atoms with Crippen LogP contribution in [0.3, 0.4) is 0 Å². The van der Waals surface area contributed by atoms with Crippen LogP contribution in [-0.2, 0) is 0 Å². The number of rotatable bonds is 3. The maximum Gasteiger partial charge on any atom is 0.123 e. The van der Waals surface area contributed by atoms with Crippen LogP contribution in [0.5, 0.6) is 0 Å². The number of aromatic nitrogens is 2. The van der Waals surface area contributed by atoms with E-state index >= 15 is 0 Å². The molecule has 0 radical (unpaired) electrons. The minimum Gasteiger partial charge on any atom is -0.382 e. The van der Waals surface area contributed by atoms with Gasteiger partial charge in [-0.05, 0) is 30.7 Å².